The molecule has 100 valence electrons. The molecule has 3 heteroatoms. The number of hydrogen-bond acceptors (Lipinski definition) is 2. The van der Waals surface area contributed by atoms with E-state index in [9.17, 15) is 9.50 Å². The minimum atomic E-state index is -0.626. The average molecular weight is 251 g/mol. The molecule has 1 aliphatic rings. The Labute approximate surface area is 108 Å². The van der Waals surface area contributed by atoms with Gasteiger partial charge in [0.25, 0.3) is 0 Å². The van der Waals surface area contributed by atoms with Crippen molar-refractivity contribution in [1.82, 2.24) is 0 Å². The monoisotopic (exact) mass is 251 g/mol. The van der Waals surface area contributed by atoms with E-state index in [1.807, 2.05) is 6.07 Å². The summed E-state index contributed by atoms with van der Waals surface area (Å²) in [6.45, 7) is 4.72. The molecule has 1 aliphatic carbocycles. The zero-order valence-corrected chi connectivity index (χ0v) is 11.2. The summed E-state index contributed by atoms with van der Waals surface area (Å²) in [6.07, 6.45) is 3.80. The second-order valence-corrected chi connectivity index (χ2v) is 5.13. The van der Waals surface area contributed by atoms with Crippen molar-refractivity contribution in [2.24, 2.45) is 0 Å². The maximum absolute atomic E-state index is 14.1. The van der Waals surface area contributed by atoms with Gasteiger partial charge in [-0.25, -0.2) is 4.39 Å². The van der Waals surface area contributed by atoms with Crippen LogP contribution in [0.25, 0.3) is 0 Å². The molecule has 2 nitrogen and oxygen atoms in total. The van der Waals surface area contributed by atoms with Gasteiger partial charge in [0.1, 0.15) is 5.82 Å². The summed E-state index contributed by atoms with van der Waals surface area (Å²) in [4.78, 5) is 2.15. The Morgan fingerprint density at radius 1 is 1.44 bits per heavy atom. The second kappa shape index (κ2) is 5.70. The third kappa shape index (κ3) is 2.83. The lowest BCUT2D eigenvalue weighted by Gasteiger charge is -2.28. The number of anilines is 1. The van der Waals surface area contributed by atoms with Crippen molar-refractivity contribution in [2.75, 3.05) is 11.4 Å². The third-order valence-corrected chi connectivity index (χ3v) is 3.50. The Bertz CT molecular complexity index is 401. The van der Waals surface area contributed by atoms with Gasteiger partial charge in [-0.1, -0.05) is 25.5 Å². The lowest BCUT2D eigenvalue weighted by Crippen LogP contribution is -2.29. The van der Waals surface area contributed by atoms with Gasteiger partial charge >= 0.3 is 0 Å². The van der Waals surface area contributed by atoms with Gasteiger partial charge in [-0.2, -0.15) is 0 Å². The van der Waals surface area contributed by atoms with Crippen molar-refractivity contribution in [3.8, 4) is 0 Å². The SMILES string of the molecule is CCCCN(c1c(F)cccc1[C@H](C)O)C1CC1. The number of halogens is 1. The van der Waals surface area contributed by atoms with Crippen LogP contribution in [-0.2, 0) is 0 Å². The van der Waals surface area contributed by atoms with Gasteiger partial charge in [0.05, 0.1) is 11.8 Å². The van der Waals surface area contributed by atoms with Crippen LogP contribution >= 0.6 is 0 Å². The van der Waals surface area contributed by atoms with Crippen molar-refractivity contribution in [2.45, 2.75) is 51.7 Å². The van der Waals surface area contributed by atoms with Crippen LogP contribution in [0.1, 0.15) is 51.2 Å². The Morgan fingerprint density at radius 3 is 2.72 bits per heavy atom. The highest BCUT2D eigenvalue weighted by Crippen LogP contribution is 2.37. The number of hydrogen-bond donors (Lipinski definition) is 1. The van der Waals surface area contributed by atoms with E-state index in [1.165, 1.54) is 6.07 Å². The number of benzene rings is 1. The zero-order valence-electron chi connectivity index (χ0n) is 11.2. The Kier molecular flexibility index (Phi) is 4.23. The van der Waals surface area contributed by atoms with Crippen molar-refractivity contribution in [3.63, 3.8) is 0 Å². The third-order valence-electron chi connectivity index (χ3n) is 3.50. The van der Waals surface area contributed by atoms with Gasteiger partial charge < -0.3 is 10.0 Å². The molecule has 1 saturated carbocycles. The van der Waals surface area contributed by atoms with E-state index in [4.69, 9.17) is 0 Å². The smallest absolute Gasteiger partial charge is 0.146 e. The number of aliphatic hydroxyl groups excluding tert-OH is 1. The van der Waals surface area contributed by atoms with E-state index in [2.05, 4.69) is 11.8 Å². The van der Waals surface area contributed by atoms with Gasteiger partial charge in [0, 0.05) is 18.2 Å². The largest absolute Gasteiger partial charge is 0.389 e. The molecular formula is C15H22FNO. The van der Waals surface area contributed by atoms with E-state index in [0.29, 0.717) is 17.3 Å². The highest BCUT2D eigenvalue weighted by molar-refractivity contribution is 5.57. The summed E-state index contributed by atoms with van der Waals surface area (Å²) in [5, 5.41) is 9.81. The first-order valence-electron chi connectivity index (χ1n) is 6.88. The van der Waals surface area contributed by atoms with Crippen molar-refractivity contribution in [1.29, 1.82) is 0 Å². The number of para-hydroxylation sites is 1. The molecule has 0 aliphatic heterocycles. The quantitative estimate of drug-likeness (QED) is 0.834. The molecule has 1 atom stereocenters. The van der Waals surface area contributed by atoms with Crippen LogP contribution in [0, 0.1) is 5.82 Å². The molecular weight excluding hydrogens is 229 g/mol. The second-order valence-electron chi connectivity index (χ2n) is 5.13. The molecule has 0 spiro atoms. The molecule has 0 unspecified atom stereocenters. The van der Waals surface area contributed by atoms with Gasteiger partial charge in [0.15, 0.2) is 0 Å². The summed E-state index contributed by atoms with van der Waals surface area (Å²) in [6, 6.07) is 5.45. The molecule has 0 bridgehead atoms. The van der Waals surface area contributed by atoms with E-state index >= 15 is 0 Å². The Hall–Kier alpha value is -1.09. The maximum Gasteiger partial charge on any atom is 0.146 e. The lowest BCUT2D eigenvalue weighted by atomic mass is 10.1. The van der Waals surface area contributed by atoms with Gasteiger partial charge in [0.2, 0.25) is 0 Å². The van der Waals surface area contributed by atoms with Crippen LogP contribution in [0.5, 0.6) is 0 Å². The van der Waals surface area contributed by atoms with Crippen LogP contribution in [0.4, 0.5) is 10.1 Å². The first kappa shape index (κ1) is 13.3. The first-order chi connectivity index (χ1) is 8.65. The van der Waals surface area contributed by atoms with Crippen LogP contribution in [0.15, 0.2) is 18.2 Å². The molecule has 0 aromatic heterocycles. The summed E-state index contributed by atoms with van der Waals surface area (Å²) in [7, 11) is 0. The Balaban J connectivity index is 2.33. The van der Waals surface area contributed by atoms with E-state index in [1.54, 1.807) is 13.0 Å². The van der Waals surface area contributed by atoms with Crippen LogP contribution < -0.4 is 4.90 Å². The minimum Gasteiger partial charge on any atom is -0.389 e. The first-order valence-corrected chi connectivity index (χ1v) is 6.88. The molecule has 1 aromatic carbocycles. The highest BCUT2D eigenvalue weighted by atomic mass is 19.1. The van der Waals surface area contributed by atoms with E-state index in [-0.39, 0.29) is 5.82 Å². The topological polar surface area (TPSA) is 23.5 Å². The molecule has 2 rings (SSSR count). The number of nitrogens with zero attached hydrogens (tertiary/aromatic N) is 1. The molecule has 0 heterocycles. The van der Waals surface area contributed by atoms with E-state index in [0.717, 1.165) is 32.2 Å². The van der Waals surface area contributed by atoms with E-state index < -0.39 is 6.10 Å². The normalized spacial score (nSPS) is 16.7. The summed E-state index contributed by atoms with van der Waals surface area (Å²) < 4.78 is 14.1. The highest BCUT2D eigenvalue weighted by Gasteiger charge is 2.32. The molecule has 18 heavy (non-hydrogen) atoms. The molecule has 1 aromatic rings. The Morgan fingerprint density at radius 2 is 2.17 bits per heavy atom. The van der Waals surface area contributed by atoms with Crippen molar-refractivity contribution in [3.05, 3.63) is 29.6 Å². The zero-order chi connectivity index (χ0) is 13.1. The number of rotatable bonds is 6. The fourth-order valence-corrected chi connectivity index (χ4v) is 2.36. The van der Waals surface area contributed by atoms with Gasteiger partial charge in [-0.05, 0) is 32.3 Å². The number of unbranched alkanes of at least 4 members (excludes halogenated alkanes) is 1. The molecule has 1 fully saturated rings. The van der Waals surface area contributed by atoms with Gasteiger partial charge in [-0.3, -0.25) is 0 Å². The lowest BCUT2D eigenvalue weighted by molar-refractivity contribution is 0.199. The van der Waals surface area contributed by atoms with Crippen LogP contribution in [-0.4, -0.2) is 17.7 Å². The number of aliphatic hydroxyl groups is 1. The average Bonchev–Trinajstić information content (AvgIpc) is 3.15. The van der Waals surface area contributed by atoms with Crippen LogP contribution in [0.2, 0.25) is 0 Å². The van der Waals surface area contributed by atoms with Crippen molar-refractivity contribution < 1.29 is 9.50 Å². The summed E-state index contributed by atoms with van der Waals surface area (Å²) in [5.41, 5.74) is 1.32. The maximum atomic E-state index is 14.1. The molecule has 1 N–H and O–H groups in total. The molecule has 0 saturated heterocycles. The molecule has 0 amide bonds. The summed E-state index contributed by atoms with van der Waals surface area (Å²) in [5.74, 6) is -0.212. The fraction of sp³-hybridized carbons (Fsp3) is 0.600. The van der Waals surface area contributed by atoms with Crippen molar-refractivity contribution >= 4 is 5.69 Å². The standard InChI is InChI=1S/C15H22FNO/c1-3-4-10-17(12-8-9-12)15-13(11(2)18)6-5-7-14(15)16/h5-7,11-12,18H,3-4,8-10H2,1-2H3/t11-/m0/s1. The minimum absolute atomic E-state index is 0.212. The predicted octanol–water partition coefficient (Wildman–Crippen LogP) is 3.65. The molecule has 0 radical (unpaired) electrons. The van der Waals surface area contributed by atoms with Gasteiger partial charge in [-0.15, -0.1) is 0 Å². The predicted molar refractivity (Wildman–Crippen MR) is 72.3 cm³/mol. The summed E-state index contributed by atoms with van der Waals surface area (Å²) >= 11 is 0. The fourth-order valence-electron chi connectivity index (χ4n) is 2.36. The van der Waals surface area contributed by atoms with Crippen LogP contribution in [0.3, 0.4) is 0 Å².